The molecule has 34 heavy (non-hydrogen) atoms. The van der Waals surface area contributed by atoms with E-state index >= 15 is 0 Å². The van der Waals surface area contributed by atoms with E-state index < -0.39 is 11.2 Å². The average Bonchev–Trinajstić information content (AvgIpc) is 2.88. The molecule has 8 nitrogen and oxygen atoms in total. The molecule has 1 heterocycles. The Morgan fingerprint density at radius 3 is 2.32 bits per heavy atom. The molecule has 0 bridgehead atoms. The molecule has 174 valence electrons. The number of carbonyl (C=O) groups excluding carboxylic acids is 1. The molecule has 0 spiro atoms. The van der Waals surface area contributed by atoms with Gasteiger partial charge in [0.25, 0.3) is 11.5 Å². The number of amides is 1. The number of nitrogens with zero attached hydrogens (tertiary/aromatic N) is 2. The maximum Gasteiger partial charge on any atom is 0.331 e. The van der Waals surface area contributed by atoms with Gasteiger partial charge >= 0.3 is 5.69 Å². The zero-order valence-corrected chi connectivity index (χ0v) is 19.2. The van der Waals surface area contributed by atoms with Gasteiger partial charge in [-0.2, -0.15) is 0 Å². The minimum atomic E-state index is -0.453. The van der Waals surface area contributed by atoms with Crippen molar-refractivity contribution < 1.29 is 14.3 Å². The maximum atomic E-state index is 13.2. The Balaban J connectivity index is 1.64. The topological polar surface area (TPSA) is 91.6 Å². The number of aryl methyl sites for hydroxylation is 1. The van der Waals surface area contributed by atoms with Crippen molar-refractivity contribution in [2.75, 3.05) is 14.2 Å². The molecular formula is C26H25N3O5. The van der Waals surface area contributed by atoms with E-state index in [2.05, 4.69) is 5.32 Å². The van der Waals surface area contributed by atoms with E-state index in [0.29, 0.717) is 28.8 Å². The molecule has 1 aromatic heterocycles. The van der Waals surface area contributed by atoms with Crippen LogP contribution in [-0.2, 0) is 20.1 Å². The smallest absolute Gasteiger partial charge is 0.331 e. The zero-order chi connectivity index (χ0) is 24.2. The second-order valence-electron chi connectivity index (χ2n) is 7.85. The van der Waals surface area contributed by atoms with Crippen molar-refractivity contribution in [3.63, 3.8) is 0 Å². The van der Waals surface area contributed by atoms with E-state index in [9.17, 15) is 14.4 Å². The Kier molecular flexibility index (Phi) is 6.49. The number of hydrogen-bond donors (Lipinski definition) is 1. The molecule has 1 amide bonds. The SMILES string of the molecule is COc1ccc(CNC(=O)c2ccc3c(c2)c(=O)n(Cc2cccc(OC)c2)c(=O)n3C)cc1. The first-order chi connectivity index (χ1) is 16.4. The van der Waals surface area contributed by atoms with Gasteiger partial charge < -0.3 is 14.8 Å². The summed E-state index contributed by atoms with van der Waals surface area (Å²) in [7, 11) is 4.76. The molecule has 4 rings (SSSR count). The lowest BCUT2D eigenvalue weighted by molar-refractivity contribution is 0.0951. The molecule has 0 fully saturated rings. The quantitative estimate of drug-likeness (QED) is 0.459. The average molecular weight is 460 g/mol. The molecule has 3 aromatic carbocycles. The van der Waals surface area contributed by atoms with E-state index in [1.54, 1.807) is 51.6 Å². The summed E-state index contributed by atoms with van der Waals surface area (Å²) in [6.07, 6.45) is 0. The van der Waals surface area contributed by atoms with E-state index in [-0.39, 0.29) is 12.5 Å². The Hall–Kier alpha value is -4.33. The third-order valence-electron chi connectivity index (χ3n) is 5.70. The number of methoxy groups -OCH3 is 2. The van der Waals surface area contributed by atoms with Crippen LogP contribution in [0.2, 0.25) is 0 Å². The summed E-state index contributed by atoms with van der Waals surface area (Å²) < 4.78 is 13.0. The lowest BCUT2D eigenvalue weighted by atomic mass is 10.1. The van der Waals surface area contributed by atoms with Crippen LogP contribution in [0.5, 0.6) is 11.5 Å². The van der Waals surface area contributed by atoms with Crippen molar-refractivity contribution in [1.82, 2.24) is 14.5 Å². The third kappa shape index (κ3) is 4.56. The van der Waals surface area contributed by atoms with Crippen molar-refractivity contribution >= 4 is 16.8 Å². The lowest BCUT2D eigenvalue weighted by Crippen LogP contribution is -2.39. The van der Waals surface area contributed by atoms with Crippen LogP contribution in [0, 0.1) is 0 Å². The molecular weight excluding hydrogens is 434 g/mol. The first kappa shape index (κ1) is 22.8. The standard InChI is InChI=1S/C26H25N3O5/c1-28-23-12-9-19(24(30)27-15-17-7-10-20(33-2)11-8-17)14-22(23)25(31)29(26(28)32)16-18-5-4-6-21(13-18)34-3/h4-14H,15-16H2,1-3H3,(H,27,30). The summed E-state index contributed by atoms with van der Waals surface area (Å²) >= 11 is 0. The van der Waals surface area contributed by atoms with Crippen molar-refractivity contribution in [2.45, 2.75) is 13.1 Å². The Bertz CT molecular complexity index is 1470. The van der Waals surface area contributed by atoms with Crippen LogP contribution < -0.4 is 26.0 Å². The largest absolute Gasteiger partial charge is 0.497 e. The van der Waals surface area contributed by atoms with Crippen LogP contribution in [0.1, 0.15) is 21.5 Å². The van der Waals surface area contributed by atoms with Crippen molar-refractivity contribution in [3.05, 3.63) is 104 Å². The highest BCUT2D eigenvalue weighted by Crippen LogP contribution is 2.15. The van der Waals surface area contributed by atoms with Crippen LogP contribution in [-0.4, -0.2) is 29.3 Å². The highest BCUT2D eigenvalue weighted by Gasteiger charge is 2.14. The van der Waals surface area contributed by atoms with E-state index in [1.807, 2.05) is 30.3 Å². The van der Waals surface area contributed by atoms with Gasteiger partial charge in [-0.3, -0.25) is 18.7 Å². The third-order valence-corrected chi connectivity index (χ3v) is 5.70. The van der Waals surface area contributed by atoms with Gasteiger partial charge in [-0.1, -0.05) is 24.3 Å². The lowest BCUT2D eigenvalue weighted by Gasteiger charge is -2.12. The molecule has 0 aliphatic rings. The first-order valence-corrected chi connectivity index (χ1v) is 10.7. The summed E-state index contributed by atoms with van der Waals surface area (Å²) in [6, 6.07) is 19.3. The van der Waals surface area contributed by atoms with Crippen molar-refractivity contribution in [2.24, 2.45) is 7.05 Å². The number of hydrogen-bond acceptors (Lipinski definition) is 5. The molecule has 0 saturated heterocycles. The first-order valence-electron chi connectivity index (χ1n) is 10.7. The van der Waals surface area contributed by atoms with Crippen LogP contribution in [0.15, 0.2) is 76.3 Å². The molecule has 0 unspecified atom stereocenters. The molecule has 4 aromatic rings. The summed E-state index contributed by atoms with van der Waals surface area (Å²) in [5.41, 5.74) is 1.58. The van der Waals surface area contributed by atoms with E-state index in [1.165, 1.54) is 10.6 Å². The van der Waals surface area contributed by atoms with Gasteiger partial charge in [-0.15, -0.1) is 0 Å². The molecule has 0 aliphatic carbocycles. The van der Waals surface area contributed by atoms with Gasteiger partial charge in [0.2, 0.25) is 0 Å². The fraction of sp³-hybridized carbons (Fsp3) is 0.192. The normalized spacial score (nSPS) is 10.8. The van der Waals surface area contributed by atoms with Crippen LogP contribution in [0.3, 0.4) is 0 Å². The number of aromatic nitrogens is 2. The monoisotopic (exact) mass is 459 g/mol. The molecule has 0 aliphatic heterocycles. The van der Waals surface area contributed by atoms with Gasteiger partial charge in [0.1, 0.15) is 11.5 Å². The Morgan fingerprint density at radius 2 is 1.62 bits per heavy atom. The second-order valence-corrected chi connectivity index (χ2v) is 7.85. The molecule has 1 N–H and O–H groups in total. The number of benzene rings is 3. The van der Waals surface area contributed by atoms with Gasteiger partial charge in [-0.25, -0.2) is 4.79 Å². The Morgan fingerprint density at radius 1 is 0.882 bits per heavy atom. The highest BCUT2D eigenvalue weighted by atomic mass is 16.5. The summed E-state index contributed by atoms with van der Waals surface area (Å²) in [6.45, 7) is 0.417. The summed E-state index contributed by atoms with van der Waals surface area (Å²) in [5.74, 6) is 1.06. The van der Waals surface area contributed by atoms with Gasteiger partial charge in [0, 0.05) is 19.2 Å². The molecule has 0 atom stereocenters. The highest BCUT2D eigenvalue weighted by molar-refractivity contribution is 5.97. The summed E-state index contributed by atoms with van der Waals surface area (Å²) in [4.78, 5) is 38.9. The number of ether oxygens (including phenoxy) is 2. The number of rotatable bonds is 7. The fourth-order valence-electron chi connectivity index (χ4n) is 3.78. The molecule has 0 saturated carbocycles. The Labute approximate surface area is 196 Å². The predicted molar refractivity (Wildman–Crippen MR) is 130 cm³/mol. The van der Waals surface area contributed by atoms with E-state index in [0.717, 1.165) is 21.4 Å². The minimum Gasteiger partial charge on any atom is -0.497 e. The maximum absolute atomic E-state index is 13.2. The summed E-state index contributed by atoms with van der Waals surface area (Å²) in [5, 5.41) is 3.15. The van der Waals surface area contributed by atoms with E-state index in [4.69, 9.17) is 9.47 Å². The van der Waals surface area contributed by atoms with Crippen molar-refractivity contribution in [1.29, 1.82) is 0 Å². The molecule has 0 radical (unpaired) electrons. The van der Waals surface area contributed by atoms with Gasteiger partial charge in [0.15, 0.2) is 0 Å². The van der Waals surface area contributed by atoms with Crippen LogP contribution in [0.4, 0.5) is 0 Å². The predicted octanol–water partition coefficient (Wildman–Crippen LogP) is 2.70. The number of fused-ring (bicyclic) bond motifs is 1. The fourth-order valence-corrected chi connectivity index (χ4v) is 3.78. The number of carbonyl (C=O) groups is 1. The van der Waals surface area contributed by atoms with Crippen molar-refractivity contribution in [3.8, 4) is 11.5 Å². The second kappa shape index (κ2) is 9.66. The van der Waals surface area contributed by atoms with Crippen LogP contribution >= 0.6 is 0 Å². The number of nitrogens with one attached hydrogen (secondary N) is 1. The molecule has 8 heteroatoms. The zero-order valence-electron chi connectivity index (χ0n) is 19.2. The van der Waals surface area contributed by atoms with Gasteiger partial charge in [-0.05, 0) is 53.6 Å². The van der Waals surface area contributed by atoms with Gasteiger partial charge in [0.05, 0.1) is 31.7 Å². The minimum absolute atomic E-state index is 0.0898. The van der Waals surface area contributed by atoms with Crippen LogP contribution in [0.25, 0.3) is 10.9 Å².